The number of aliphatic hydroxyl groups is 1. The van der Waals surface area contributed by atoms with Gasteiger partial charge in [0, 0.05) is 12.8 Å². The minimum absolute atomic E-state index is 0.0885. The fraction of sp³-hybridized carbons (Fsp3) is 0.833. The van der Waals surface area contributed by atoms with Gasteiger partial charge in [0.15, 0.2) is 0 Å². The lowest BCUT2D eigenvalue weighted by atomic mass is 9.76. The van der Waals surface area contributed by atoms with Crippen LogP contribution < -0.4 is 0 Å². The predicted octanol–water partition coefficient (Wildman–Crippen LogP) is 1.08. The van der Waals surface area contributed by atoms with Crippen LogP contribution in [0.25, 0.3) is 0 Å². The van der Waals surface area contributed by atoms with Crippen molar-refractivity contribution in [3.63, 3.8) is 0 Å². The number of rotatable bonds is 2. The summed E-state index contributed by atoms with van der Waals surface area (Å²) in [5.41, 5.74) is -0.595. The number of imide groups is 1. The number of hydrogen-bond donors (Lipinski definition) is 1. The summed E-state index contributed by atoms with van der Waals surface area (Å²) in [5, 5.41) is 9.61. The number of hydrogen-bond acceptors (Lipinski definition) is 3. The Bertz CT molecular complexity index is 299. The summed E-state index contributed by atoms with van der Waals surface area (Å²) < 4.78 is 0. The van der Waals surface area contributed by atoms with Gasteiger partial charge in [-0.25, -0.2) is 0 Å². The van der Waals surface area contributed by atoms with Gasteiger partial charge in [0.05, 0.1) is 12.1 Å². The topological polar surface area (TPSA) is 57.6 Å². The average Bonchev–Trinajstić information content (AvgIpc) is 2.59. The third-order valence-electron chi connectivity index (χ3n) is 3.89. The fourth-order valence-corrected chi connectivity index (χ4v) is 3.16. The van der Waals surface area contributed by atoms with E-state index in [1.54, 1.807) is 0 Å². The number of likely N-dealkylation sites (tertiary alicyclic amines) is 1. The minimum Gasteiger partial charge on any atom is -0.394 e. The quantitative estimate of drug-likeness (QED) is 0.715. The van der Waals surface area contributed by atoms with Gasteiger partial charge in [0.1, 0.15) is 0 Å². The van der Waals surface area contributed by atoms with Crippen molar-refractivity contribution in [2.45, 2.75) is 51.0 Å². The van der Waals surface area contributed by atoms with E-state index in [4.69, 9.17) is 0 Å². The first-order valence-electron chi connectivity index (χ1n) is 6.06. The summed E-state index contributed by atoms with van der Waals surface area (Å²) in [7, 11) is 0. The first-order chi connectivity index (χ1) is 7.59. The van der Waals surface area contributed by atoms with Crippen molar-refractivity contribution in [1.29, 1.82) is 0 Å². The van der Waals surface area contributed by atoms with Crippen LogP contribution in [0, 0.1) is 5.92 Å². The standard InChI is InChI=1S/C12H19NO3/c1-9-3-2-6-12(7-9,8-14)13-10(15)4-5-11(13)16/h9,14H,2-8H2,1H3. The monoisotopic (exact) mass is 225 g/mol. The molecule has 1 aliphatic heterocycles. The largest absolute Gasteiger partial charge is 0.394 e. The molecule has 1 N–H and O–H groups in total. The number of nitrogens with zero attached hydrogens (tertiary/aromatic N) is 1. The molecule has 0 aromatic rings. The molecule has 16 heavy (non-hydrogen) atoms. The van der Waals surface area contributed by atoms with Gasteiger partial charge in [-0.15, -0.1) is 0 Å². The van der Waals surface area contributed by atoms with E-state index in [1.165, 1.54) is 4.90 Å². The first-order valence-corrected chi connectivity index (χ1v) is 6.06. The molecule has 1 heterocycles. The smallest absolute Gasteiger partial charge is 0.230 e. The molecule has 0 radical (unpaired) electrons. The van der Waals surface area contributed by atoms with Crippen LogP contribution in [0.3, 0.4) is 0 Å². The molecule has 90 valence electrons. The first kappa shape index (κ1) is 11.6. The summed E-state index contributed by atoms with van der Waals surface area (Å²) in [6.07, 6.45) is 4.24. The SMILES string of the molecule is CC1CCCC(CO)(N2C(=O)CCC2=O)C1. The van der Waals surface area contributed by atoms with Gasteiger partial charge in [-0.1, -0.05) is 19.8 Å². The Morgan fingerprint density at radius 2 is 2.00 bits per heavy atom. The Balaban J connectivity index is 2.26. The normalized spacial score (nSPS) is 35.9. The average molecular weight is 225 g/mol. The minimum atomic E-state index is -0.595. The van der Waals surface area contributed by atoms with Crippen molar-refractivity contribution in [2.75, 3.05) is 6.61 Å². The summed E-state index contributed by atoms with van der Waals surface area (Å²) >= 11 is 0. The molecular weight excluding hydrogens is 206 g/mol. The van der Waals surface area contributed by atoms with E-state index < -0.39 is 5.54 Å². The molecule has 4 heteroatoms. The van der Waals surface area contributed by atoms with Gasteiger partial charge >= 0.3 is 0 Å². The molecule has 1 aliphatic carbocycles. The highest BCUT2D eigenvalue weighted by atomic mass is 16.3. The van der Waals surface area contributed by atoms with Crippen molar-refractivity contribution < 1.29 is 14.7 Å². The third-order valence-corrected chi connectivity index (χ3v) is 3.89. The van der Waals surface area contributed by atoms with Crippen LogP contribution in [0.1, 0.15) is 45.4 Å². The van der Waals surface area contributed by atoms with E-state index in [0.717, 1.165) is 25.7 Å². The van der Waals surface area contributed by atoms with E-state index in [2.05, 4.69) is 6.92 Å². The predicted molar refractivity (Wildman–Crippen MR) is 58.5 cm³/mol. The maximum Gasteiger partial charge on any atom is 0.230 e. The summed E-state index contributed by atoms with van der Waals surface area (Å²) in [6.45, 7) is 2.03. The van der Waals surface area contributed by atoms with Crippen LogP contribution in [-0.2, 0) is 9.59 Å². The Kier molecular flexibility index (Phi) is 3.02. The Hall–Kier alpha value is -0.900. The molecule has 1 saturated carbocycles. The number of carbonyl (C=O) groups is 2. The second-order valence-corrected chi connectivity index (χ2v) is 5.21. The van der Waals surface area contributed by atoms with E-state index in [0.29, 0.717) is 18.8 Å². The lowest BCUT2D eigenvalue weighted by Crippen LogP contribution is -2.56. The van der Waals surface area contributed by atoms with Crippen LogP contribution in [-0.4, -0.2) is 34.0 Å². The van der Waals surface area contributed by atoms with Crippen molar-refractivity contribution >= 4 is 11.8 Å². The van der Waals surface area contributed by atoms with E-state index >= 15 is 0 Å². The lowest BCUT2D eigenvalue weighted by molar-refractivity contribution is -0.150. The highest BCUT2D eigenvalue weighted by Crippen LogP contribution is 2.39. The van der Waals surface area contributed by atoms with Gasteiger partial charge in [-0.2, -0.15) is 0 Å². The Morgan fingerprint density at radius 3 is 2.50 bits per heavy atom. The zero-order valence-corrected chi connectivity index (χ0v) is 9.74. The summed E-state index contributed by atoms with van der Waals surface area (Å²) in [4.78, 5) is 24.9. The molecule has 0 bridgehead atoms. The highest BCUT2D eigenvalue weighted by molar-refractivity contribution is 6.02. The number of aliphatic hydroxyl groups excluding tert-OH is 1. The highest BCUT2D eigenvalue weighted by Gasteiger charge is 2.47. The molecule has 2 amide bonds. The van der Waals surface area contributed by atoms with E-state index in [9.17, 15) is 14.7 Å². The molecule has 2 rings (SSSR count). The molecule has 0 spiro atoms. The van der Waals surface area contributed by atoms with Crippen LogP contribution in [0.2, 0.25) is 0 Å². The molecule has 2 atom stereocenters. The second-order valence-electron chi connectivity index (χ2n) is 5.21. The zero-order valence-electron chi connectivity index (χ0n) is 9.74. The Labute approximate surface area is 95.6 Å². The lowest BCUT2D eigenvalue weighted by Gasteiger charge is -2.44. The van der Waals surface area contributed by atoms with Crippen molar-refractivity contribution in [3.8, 4) is 0 Å². The number of amides is 2. The van der Waals surface area contributed by atoms with Gasteiger partial charge in [0.2, 0.25) is 11.8 Å². The molecular formula is C12H19NO3. The van der Waals surface area contributed by atoms with Gasteiger partial charge in [-0.3, -0.25) is 14.5 Å². The molecule has 0 aromatic carbocycles. The van der Waals surface area contributed by atoms with Gasteiger partial charge in [0.25, 0.3) is 0 Å². The molecule has 2 aliphatic rings. The van der Waals surface area contributed by atoms with Gasteiger partial charge in [-0.05, 0) is 18.8 Å². The van der Waals surface area contributed by atoms with Crippen molar-refractivity contribution in [2.24, 2.45) is 5.92 Å². The molecule has 2 unspecified atom stereocenters. The fourth-order valence-electron chi connectivity index (χ4n) is 3.16. The maximum atomic E-state index is 11.7. The zero-order chi connectivity index (χ0) is 11.8. The van der Waals surface area contributed by atoms with Crippen LogP contribution >= 0.6 is 0 Å². The summed E-state index contributed by atoms with van der Waals surface area (Å²) in [6, 6.07) is 0. The van der Waals surface area contributed by atoms with Gasteiger partial charge < -0.3 is 5.11 Å². The van der Waals surface area contributed by atoms with Crippen LogP contribution in [0.4, 0.5) is 0 Å². The van der Waals surface area contributed by atoms with Crippen molar-refractivity contribution in [1.82, 2.24) is 4.90 Å². The van der Waals surface area contributed by atoms with Crippen LogP contribution in [0.15, 0.2) is 0 Å². The van der Waals surface area contributed by atoms with Crippen molar-refractivity contribution in [3.05, 3.63) is 0 Å². The maximum absolute atomic E-state index is 11.7. The molecule has 1 saturated heterocycles. The second kappa shape index (κ2) is 4.17. The van der Waals surface area contributed by atoms with E-state index in [1.807, 2.05) is 0 Å². The Morgan fingerprint density at radius 1 is 1.38 bits per heavy atom. The molecule has 4 nitrogen and oxygen atoms in total. The van der Waals surface area contributed by atoms with E-state index in [-0.39, 0.29) is 18.4 Å². The number of carbonyl (C=O) groups excluding carboxylic acids is 2. The molecule has 0 aromatic heterocycles. The molecule has 2 fully saturated rings. The summed E-state index contributed by atoms with van der Waals surface area (Å²) in [5.74, 6) is 0.267. The third kappa shape index (κ3) is 1.75. The van der Waals surface area contributed by atoms with Crippen LogP contribution in [0.5, 0.6) is 0 Å².